The van der Waals surface area contributed by atoms with Crippen molar-refractivity contribution in [3.8, 4) is 0 Å². The molecule has 4 heteroatoms. The molecule has 1 rings (SSSR count). The first-order chi connectivity index (χ1) is 7.22. The average molecular weight is 216 g/mol. The zero-order valence-electron chi connectivity index (χ0n) is 9.65. The molecule has 1 heterocycles. The van der Waals surface area contributed by atoms with E-state index in [1.54, 1.807) is 0 Å². The minimum Gasteiger partial charge on any atom is -0.396 e. The highest BCUT2D eigenvalue weighted by molar-refractivity contribution is 4.71. The van der Waals surface area contributed by atoms with Crippen LogP contribution in [0, 0.1) is 5.92 Å². The molecule has 2 unspecified atom stereocenters. The molecule has 0 aromatic rings. The molecule has 1 saturated heterocycles. The zero-order valence-corrected chi connectivity index (χ0v) is 9.65. The fourth-order valence-electron chi connectivity index (χ4n) is 1.89. The Morgan fingerprint density at radius 3 is 2.53 bits per heavy atom. The molecule has 0 radical (unpaired) electrons. The third-order valence-electron chi connectivity index (χ3n) is 2.85. The molecule has 0 saturated carbocycles. The molecule has 0 bridgehead atoms. The Kier molecular flexibility index (Phi) is 6.17. The Bertz CT molecular complexity index is 161. The van der Waals surface area contributed by atoms with Crippen LogP contribution in [0.15, 0.2) is 0 Å². The van der Waals surface area contributed by atoms with E-state index >= 15 is 0 Å². The first-order valence-electron chi connectivity index (χ1n) is 5.94. The SMILES string of the molecule is CC(CO)CNCC(O)CN1CCCC1. The number of likely N-dealkylation sites (tertiary alicyclic amines) is 1. The van der Waals surface area contributed by atoms with Gasteiger partial charge < -0.3 is 20.4 Å². The molecule has 15 heavy (non-hydrogen) atoms. The van der Waals surface area contributed by atoms with Crippen molar-refractivity contribution in [2.24, 2.45) is 5.92 Å². The van der Waals surface area contributed by atoms with Crippen molar-refractivity contribution in [3.63, 3.8) is 0 Å². The van der Waals surface area contributed by atoms with Crippen LogP contribution in [-0.2, 0) is 0 Å². The first-order valence-corrected chi connectivity index (χ1v) is 5.94. The number of hydrogen-bond donors (Lipinski definition) is 3. The second kappa shape index (κ2) is 7.17. The van der Waals surface area contributed by atoms with E-state index in [1.165, 1.54) is 12.8 Å². The molecular weight excluding hydrogens is 192 g/mol. The van der Waals surface area contributed by atoms with Crippen LogP contribution in [-0.4, -0.2) is 60.5 Å². The number of aliphatic hydroxyl groups is 2. The summed E-state index contributed by atoms with van der Waals surface area (Å²) in [4.78, 5) is 2.31. The lowest BCUT2D eigenvalue weighted by atomic mass is 10.2. The monoisotopic (exact) mass is 216 g/mol. The second-order valence-electron chi connectivity index (χ2n) is 4.61. The predicted molar refractivity (Wildman–Crippen MR) is 60.8 cm³/mol. The van der Waals surface area contributed by atoms with Crippen LogP contribution in [0.4, 0.5) is 0 Å². The number of β-amino-alcohol motifs (C(OH)–C–C–N with tert-alkyl or cyclic N) is 1. The Hall–Kier alpha value is -0.160. The van der Waals surface area contributed by atoms with E-state index < -0.39 is 0 Å². The fraction of sp³-hybridized carbons (Fsp3) is 1.00. The molecule has 1 fully saturated rings. The van der Waals surface area contributed by atoms with E-state index in [4.69, 9.17) is 5.11 Å². The second-order valence-corrected chi connectivity index (χ2v) is 4.61. The van der Waals surface area contributed by atoms with Crippen molar-refractivity contribution in [1.82, 2.24) is 10.2 Å². The van der Waals surface area contributed by atoms with Crippen LogP contribution < -0.4 is 5.32 Å². The molecule has 3 N–H and O–H groups in total. The van der Waals surface area contributed by atoms with Gasteiger partial charge in [-0.25, -0.2) is 0 Å². The summed E-state index contributed by atoms with van der Waals surface area (Å²) in [7, 11) is 0. The van der Waals surface area contributed by atoms with Gasteiger partial charge in [-0.3, -0.25) is 0 Å². The standard InChI is InChI=1S/C11H24N2O2/c1-10(9-14)6-12-7-11(15)8-13-4-2-3-5-13/h10-12,14-15H,2-9H2,1H3. The van der Waals surface area contributed by atoms with Crippen LogP contribution in [0.5, 0.6) is 0 Å². The molecule has 0 aromatic heterocycles. The molecule has 4 nitrogen and oxygen atoms in total. The van der Waals surface area contributed by atoms with Crippen molar-refractivity contribution in [2.75, 3.05) is 39.3 Å². The van der Waals surface area contributed by atoms with Crippen LogP contribution in [0.25, 0.3) is 0 Å². The van der Waals surface area contributed by atoms with Crippen LogP contribution in [0.2, 0.25) is 0 Å². The molecule has 0 aliphatic carbocycles. The summed E-state index contributed by atoms with van der Waals surface area (Å²) in [6.07, 6.45) is 2.25. The predicted octanol–water partition coefficient (Wildman–Crippen LogP) is -0.339. The smallest absolute Gasteiger partial charge is 0.0791 e. The zero-order chi connectivity index (χ0) is 11.1. The maximum Gasteiger partial charge on any atom is 0.0791 e. The summed E-state index contributed by atoms with van der Waals surface area (Å²) in [6, 6.07) is 0. The van der Waals surface area contributed by atoms with E-state index in [9.17, 15) is 5.11 Å². The topological polar surface area (TPSA) is 55.7 Å². The van der Waals surface area contributed by atoms with Gasteiger partial charge in [0.25, 0.3) is 0 Å². The van der Waals surface area contributed by atoms with E-state index in [-0.39, 0.29) is 18.6 Å². The molecule has 0 spiro atoms. The van der Waals surface area contributed by atoms with E-state index in [0.717, 1.165) is 26.2 Å². The third-order valence-corrected chi connectivity index (χ3v) is 2.85. The highest BCUT2D eigenvalue weighted by Gasteiger charge is 2.15. The Morgan fingerprint density at radius 2 is 1.93 bits per heavy atom. The van der Waals surface area contributed by atoms with Gasteiger partial charge in [-0.2, -0.15) is 0 Å². The van der Waals surface area contributed by atoms with Gasteiger partial charge in [0.2, 0.25) is 0 Å². The molecule has 1 aliphatic rings. The van der Waals surface area contributed by atoms with Gasteiger partial charge in [-0.05, 0) is 38.4 Å². The van der Waals surface area contributed by atoms with E-state index in [1.807, 2.05) is 6.92 Å². The Labute approximate surface area is 92.3 Å². The van der Waals surface area contributed by atoms with Crippen molar-refractivity contribution >= 4 is 0 Å². The average Bonchev–Trinajstić information content (AvgIpc) is 2.70. The molecule has 90 valence electrons. The van der Waals surface area contributed by atoms with Crippen molar-refractivity contribution in [1.29, 1.82) is 0 Å². The van der Waals surface area contributed by atoms with E-state index in [0.29, 0.717) is 6.54 Å². The number of aliphatic hydroxyl groups excluding tert-OH is 2. The van der Waals surface area contributed by atoms with Crippen LogP contribution in [0.1, 0.15) is 19.8 Å². The van der Waals surface area contributed by atoms with Gasteiger partial charge in [0, 0.05) is 19.7 Å². The minimum atomic E-state index is -0.283. The first kappa shape index (κ1) is 12.9. The molecule has 1 aliphatic heterocycles. The van der Waals surface area contributed by atoms with E-state index in [2.05, 4.69) is 10.2 Å². The van der Waals surface area contributed by atoms with Gasteiger partial charge in [-0.1, -0.05) is 6.92 Å². The Balaban J connectivity index is 2.00. The summed E-state index contributed by atoms with van der Waals surface area (Å²) < 4.78 is 0. The molecular formula is C11H24N2O2. The minimum absolute atomic E-state index is 0.204. The van der Waals surface area contributed by atoms with Crippen LogP contribution in [0.3, 0.4) is 0 Å². The summed E-state index contributed by atoms with van der Waals surface area (Å²) >= 11 is 0. The quantitative estimate of drug-likeness (QED) is 0.545. The summed E-state index contributed by atoms with van der Waals surface area (Å²) in [5.74, 6) is 0.268. The van der Waals surface area contributed by atoms with Gasteiger partial charge in [-0.15, -0.1) is 0 Å². The highest BCUT2D eigenvalue weighted by Crippen LogP contribution is 2.07. The number of rotatable bonds is 7. The third kappa shape index (κ3) is 5.47. The Morgan fingerprint density at radius 1 is 1.27 bits per heavy atom. The summed E-state index contributed by atoms with van der Waals surface area (Å²) in [6.45, 7) is 6.62. The molecule has 2 atom stereocenters. The number of nitrogens with one attached hydrogen (secondary N) is 1. The van der Waals surface area contributed by atoms with Gasteiger partial charge in [0.15, 0.2) is 0 Å². The van der Waals surface area contributed by atoms with Gasteiger partial charge >= 0.3 is 0 Å². The highest BCUT2D eigenvalue weighted by atomic mass is 16.3. The lowest BCUT2D eigenvalue weighted by Gasteiger charge is -2.20. The van der Waals surface area contributed by atoms with Crippen molar-refractivity contribution in [3.05, 3.63) is 0 Å². The summed E-state index contributed by atoms with van der Waals surface area (Å²) in [5, 5.41) is 21.7. The van der Waals surface area contributed by atoms with Crippen molar-refractivity contribution in [2.45, 2.75) is 25.9 Å². The lowest BCUT2D eigenvalue weighted by molar-refractivity contribution is 0.121. The molecule has 0 amide bonds. The lowest BCUT2D eigenvalue weighted by Crippen LogP contribution is -2.38. The maximum atomic E-state index is 9.73. The number of hydrogen-bond acceptors (Lipinski definition) is 4. The number of nitrogens with zero attached hydrogens (tertiary/aromatic N) is 1. The van der Waals surface area contributed by atoms with Gasteiger partial charge in [0.05, 0.1) is 6.10 Å². The maximum absolute atomic E-state index is 9.73. The summed E-state index contributed by atoms with van der Waals surface area (Å²) in [5.41, 5.74) is 0. The largest absolute Gasteiger partial charge is 0.396 e. The van der Waals surface area contributed by atoms with Crippen LogP contribution >= 0.6 is 0 Å². The van der Waals surface area contributed by atoms with Gasteiger partial charge in [0.1, 0.15) is 0 Å². The molecule has 0 aromatic carbocycles. The van der Waals surface area contributed by atoms with Crippen molar-refractivity contribution < 1.29 is 10.2 Å². The normalized spacial score (nSPS) is 21.8. The fourth-order valence-corrected chi connectivity index (χ4v) is 1.89.